The van der Waals surface area contributed by atoms with Crippen LogP contribution in [0.25, 0.3) is 0 Å². The highest BCUT2D eigenvalue weighted by Crippen LogP contribution is 2.16. The Balaban J connectivity index is 2.74. The minimum Gasteiger partial charge on any atom is -0.355 e. The summed E-state index contributed by atoms with van der Waals surface area (Å²) in [7, 11) is -1.73. The number of hydrogen-bond donors (Lipinski definition) is 3. The van der Waals surface area contributed by atoms with Crippen molar-refractivity contribution in [1.29, 1.82) is 0 Å². The Morgan fingerprint density at radius 2 is 2.00 bits per heavy atom. The van der Waals surface area contributed by atoms with Crippen LogP contribution in [0.4, 0.5) is 0 Å². The molecule has 0 saturated heterocycles. The van der Waals surface area contributed by atoms with Gasteiger partial charge in [-0.05, 0) is 31.7 Å². The number of amides is 1. The standard InChI is InChI=1S/C13H21N3O3S/c1-10(14-3)12-5-4-6-13(9-12)20(18,19)16-8-7-15-11(2)17/h4-6,9-10,14,16H,7-8H2,1-3H3,(H,15,17). The predicted molar refractivity (Wildman–Crippen MR) is 77.8 cm³/mol. The van der Waals surface area contributed by atoms with E-state index in [1.807, 2.05) is 20.0 Å². The lowest BCUT2D eigenvalue weighted by atomic mass is 10.1. The van der Waals surface area contributed by atoms with Gasteiger partial charge >= 0.3 is 0 Å². The molecule has 6 nitrogen and oxygen atoms in total. The highest BCUT2D eigenvalue weighted by Gasteiger charge is 2.14. The summed E-state index contributed by atoms with van der Waals surface area (Å²) in [5.74, 6) is -0.186. The number of carbonyl (C=O) groups excluding carboxylic acids is 1. The number of hydrogen-bond acceptors (Lipinski definition) is 4. The van der Waals surface area contributed by atoms with E-state index >= 15 is 0 Å². The first-order valence-corrected chi connectivity index (χ1v) is 7.86. The van der Waals surface area contributed by atoms with Crippen molar-refractivity contribution < 1.29 is 13.2 Å². The van der Waals surface area contributed by atoms with Crippen LogP contribution in [-0.2, 0) is 14.8 Å². The van der Waals surface area contributed by atoms with Crippen molar-refractivity contribution in [2.45, 2.75) is 24.8 Å². The van der Waals surface area contributed by atoms with E-state index in [0.717, 1.165) is 5.56 Å². The average Bonchev–Trinajstić information content (AvgIpc) is 2.42. The zero-order valence-corrected chi connectivity index (χ0v) is 12.8. The Kier molecular flexibility index (Phi) is 6.12. The van der Waals surface area contributed by atoms with Crippen molar-refractivity contribution >= 4 is 15.9 Å². The molecule has 0 aromatic heterocycles. The van der Waals surface area contributed by atoms with Crippen LogP contribution in [0.2, 0.25) is 0 Å². The van der Waals surface area contributed by atoms with Gasteiger partial charge in [-0.1, -0.05) is 12.1 Å². The number of sulfonamides is 1. The fourth-order valence-corrected chi connectivity index (χ4v) is 2.71. The lowest BCUT2D eigenvalue weighted by Crippen LogP contribution is -2.33. The van der Waals surface area contributed by atoms with Gasteiger partial charge in [0.25, 0.3) is 0 Å². The van der Waals surface area contributed by atoms with E-state index in [4.69, 9.17) is 0 Å². The Hall–Kier alpha value is -1.44. The first-order valence-electron chi connectivity index (χ1n) is 6.38. The molecule has 0 aliphatic carbocycles. The van der Waals surface area contributed by atoms with Crippen LogP contribution in [0.1, 0.15) is 25.5 Å². The third-order valence-corrected chi connectivity index (χ3v) is 4.35. The minimum absolute atomic E-state index is 0.0736. The molecule has 1 atom stereocenters. The molecule has 0 spiro atoms. The molecular weight excluding hydrogens is 278 g/mol. The van der Waals surface area contributed by atoms with Gasteiger partial charge in [-0.2, -0.15) is 0 Å². The average molecular weight is 299 g/mol. The van der Waals surface area contributed by atoms with Crippen molar-refractivity contribution in [2.24, 2.45) is 0 Å². The molecule has 0 heterocycles. The van der Waals surface area contributed by atoms with Gasteiger partial charge in [-0.3, -0.25) is 4.79 Å². The molecule has 1 rings (SSSR count). The summed E-state index contributed by atoms with van der Waals surface area (Å²) in [5.41, 5.74) is 0.900. The molecule has 0 fully saturated rings. The summed E-state index contributed by atoms with van der Waals surface area (Å²) < 4.78 is 26.6. The van der Waals surface area contributed by atoms with Crippen LogP contribution in [0, 0.1) is 0 Å². The normalized spacial score (nSPS) is 12.9. The quantitative estimate of drug-likeness (QED) is 0.635. The van der Waals surface area contributed by atoms with Crippen molar-refractivity contribution in [1.82, 2.24) is 15.4 Å². The largest absolute Gasteiger partial charge is 0.355 e. The van der Waals surface area contributed by atoms with Crippen molar-refractivity contribution in [3.63, 3.8) is 0 Å². The molecule has 1 aromatic rings. The molecule has 0 aliphatic rings. The number of nitrogens with one attached hydrogen (secondary N) is 3. The molecule has 1 unspecified atom stereocenters. The Labute approximate surface area is 120 Å². The maximum Gasteiger partial charge on any atom is 0.240 e. The first-order chi connectivity index (χ1) is 9.36. The second-order valence-corrected chi connectivity index (χ2v) is 6.23. The highest BCUT2D eigenvalue weighted by atomic mass is 32.2. The topological polar surface area (TPSA) is 87.3 Å². The van der Waals surface area contributed by atoms with E-state index in [-0.39, 0.29) is 29.9 Å². The second kappa shape index (κ2) is 7.37. The maximum atomic E-state index is 12.1. The van der Waals surface area contributed by atoms with Gasteiger partial charge < -0.3 is 10.6 Å². The summed E-state index contributed by atoms with van der Waals surface area (Å²) in [6.07, 6.45) is 0. The van der Waals surface area contributed by atoms with Gasteiger partial charge in [0.15, 0.2) is 0 Å². The number of rotatable bonds is 7. The second-order valence-electron chi connectivity index (χ2n) is 4.46. The number of benzene rings is 1. The van der Waals surface area contributed by atoms with E-state index in [0.29, 0.717) is 0 Å². The Morgan fingerprint density at radius 3 is 2.60 bits per heavy atom. The fourth-order valence-electron chi connectivity index (χ4n) is 1.62. The van der Waals surface area contributed by atoms with Gasteiger partial charge in [-0.25, -0.2) is 13.1 Å². The van der Waals surface area contributed by atoms with Gasteiger partial charge in [-0.15, -0.1) is 0 Å². The minimum atomic E-state index is -3.55. The van der Waals surface area contributed by atoms with E-state index in [9.17, 15) is 13.2 Å². The summed E-state index contributed by atoms with van der Waals surface area (Å²) >= 11 is 0. The van der Waals surface area contributed by atoms with Crippen LogP contribution in [0.5, 0.6) is 0 Å². The summed E-state index contributed by atoms with van der Waals surface area (Å²) in [5, 5.41) is 5.59. The van der Waals surface area contributed by atoms with Crippen molar-refractivity contribution in [3.8, 4) is 0 Å². The van der Waals surface area contributed by atoms with Crippen molar-refractivity contribution in [2.75, 3.05) is 20.1 Å². The van der Waals surface area contributed by atoms with Gasteiger partial charge in [0, 0.05) is 26.1 Å². The molecule has 0 radical (unpaired) electrons. The zero-order chi connectivity index (χ0) is 15.2. The Bertz CT molecular complexity index is 558. The smallest absolute Gasteiger partial charge is 0.240 e. The SMILES string of the molecule is CNC(C)c1cccc(S(=O)(=O)NCCNC(C)=O)c1. The summed E-state index contributed by atoms with van der Waals surface area (Å²) in [4.78, 5) is 10.9. The van der Waals surface area contributed by atoms with Gasteiger partial charge in [0.1, 0.15) is 0 Å². The maximum absolute atomic E-state index is 12.1. The highest BCUT2D eigenvalue weighted by molar-refractivity contribution is 7.89. The Morgan fingerprint density at radius 1 is 1.30 bits per heavy atom. The molecule has 0 aliphatic heterocycles. The third-order valence-electron chi connectivity index (χ3n) is 2.89. The molecule has 0 bridgehead atoms. The first kappa shape index (κ1) is 16.6. The molecule has 1 aromatic carbocycles. The van der Waals surface area contributed by atoms with E-state index in [2.05, 4.69) is 15.4 Å². The van der Waals surface area contributed by atoms with Gasteiger partial charge in [0.2, 0.25) is 15.9 Å². The molecule has 7 heteroatoms. The van der Waals surface area contributed by atoms with Crippen LogP contribution < -0.4 is 15.4 Å². The monoisotopic (exact) mass is 299 g/mol. The number of carbonyl (C=O) groups is 1. The van der Waals surface area contributed by atoms with Crippen LogP contribution in [0.15, 0.2) is 29.2 Å². The molecule has 0 saturated carbocycles. The van der Waals surface area contributed by atoms with E-state index in [1.54, 1.807) is 18.2 Å². The fraction of sp³-hybridized carbons (Fsp3) is 0.462. The van der Waals surface area contributed by atoms with Crippen LogP contribution in [0.3, 0.4) is 0 Å². The molecule has 3 N–H and O–H groups in total. The van der Waals surface area contributed by atoms with Crippen molar-refractivity contribution in [3.05, 3.63) is 29.8 Å². The van der Waals surface area contributed by atoms with Gasteiger partial charge in [0.05, 0.1) is 4.90 Å². The lowest BCUT2D eigenvalue weighted by Gasteiger charge is -2.13. The predicted octanol–water partition coefficient (Wildman–Crippen LogP) is 0.381. The molecule has 20 heavy (non-hydrogen) atoms. The lowest BCUT2D eigenvalue weighted by molar-refractivity contribution is -0.118. The van der Waals surface area contributed by atoms with E-state index in [1.165, 1.54) is 6.92 Å². The van der Waals surface area contributed by atoms with Crippen LogP contribution >= 0.6 is 0 Å². The summed E-state index contributed by atoms with van der Waals surface area (Å²) in [6, 6.07) is 6.85. The summed E-state index contributed by atoms with van der Waals surface area (Å²) in [6.45, 7) is 3.77. The molecule has 1 amide bonds. The van der Waals surface area contributed by atoms with Crippen LogP contribution in [-0.4, -0.2) is 34.5 Å². The third kappa shape index (κ3) is 4.92. The molecular formula is C13H21N3O3S. The molecule has 112 valence electrons. The van der Waals surface area contributed by atoms with E-state index < -0.39 is 10.0 Å². The zero-order valence-electron chi connectivity index (χ0n) is 11.9.